The predicted octanol–water partition coefficient (Wildman–Crippen LogP) is 6.04. The number of aryl methyl sites for hydroxylation is 2. The molecule has 1 heterocycles. The van der Waals surface area contributed by atoms with Crippen LogP contribution in [0.15, 0.2) is 53.1 Å². The molecule has 182 valence electrons. The molecule has 34 heavy (non-hydrogen) atoms. The van der Waals surface area contributed by atoms with Gasteiger partial charge in [-0.25, -0.2) is 4.98 Å². The third kappa shape index (κ3) is 6.93. The van der Waals surface area contributed by atoms with Crippen LogP contribution in [0.2, 0.25) is 0 Å². The molecule has 0 aliphatic rings. The van der Waals surface area contributed by atoms with Gasteiger partial charge < -0.3 is 9.73 Å². The zero-order chi connectivity index (χ0) is 24.9. The van der Waals surface area contributed by atoms with Gasteiger partial charge in [-0.2, -0.15) is 13.2 Å². The van der Waals surface area contributed by atoms with Crippen LogP contribution in [-0.4, -0.2) is 21.8 Å². The zero-order valence-electron chi connectivity index (χ0n) is 19.9. The van der Waals surface area contributed by atoms with Gasteiger partial charge in [0.2, 0.25) is 5.89 Å². The number of benzene rings is 2. The van der Waals surface area contributed by atoms with Crippen molar-refractivity contribution in [3.05, 3.63) is 88.1 Å². The minimum atomic E-state index is -4.41. The van der Waals surface area contributed by atoms with E-state index in [2.05, 4.69) is 16.4 Å². The highest BCUT2D eigenvalue weighted by atomic mass is 19.4. The lowest BCUT2D eigenvalue weighted by molar-refractivity contribution is -0.137. The Kier molecular flexibility index (Phi) is 8.15. The number of oxazole rings is 1. The number of aromatic nitrogens is 1. The average Bonchev–Trinajstić information content (AvgIpc) is 3.24. The molecule has 0 aliphatic carbocycles. The molecular formula is C26H30F3N3O2. The largest absolute Gasteiger partial charge is 0.447 e. The quantitative estimate of drug-likeness (QED) is 0.412. The molecule has 0 saturated carbocycles. The van der Waals surface area contributed by atoms with Crippen LogP contribution in [0.3, 0.4) is 0 Å². The van der Waals surface area contributed by atoms with Crippen LogP contribution in [-0.2, 0) is 25.8 Å². The topological polar surface area (TPSA) is 58.4 Å². The molecule has 0 aliphatic heterocycles. The average molecular weight is 474 g/mol. The van der Waals surface area contributed by atoms with E-state index in [9.17, 15) is 18.0 Å². The van der Waals surface area contributed by atoms with Crippen molar-refractivity contribution in [2.24, 2.45) is 0 Å². The molecule has 1 unspecified atom stereocenters. The summed E-state index contributed by atoms with van der Waals surface area (Å²) in [5.74, 6) is 0.00852. The molecule has 0 bridgehead atoms. The van der Waals surface area contributed by atoms with Crippen molar-refractivity contribution < 1.29 is 22.4 Å². The van der Waals surface area contributed by atoms with Gasteiger partial charge in [0.05, 0.1) is 12.1 Å². The van der Waals surface area contributed by atoms with Gasteiger partial charge in [-0.05, 0) is 49.9 Å². The van der Waals surface area contributed by atoms with Gasteiger partial charge in [0, 0.05) is 19.1 Å². The maximum atomic E-state index is 13.2. The van der Waals surface area contributed by atoms with Gasteiger partial charge in [-0.3, -0.25) is 9.69 Å². The Morgan fingerprint density at radius 3 is 2.56 bits per heavy atom. The van der Waals surface area contributed by atoms with Gasteiger partial charge in [-0.15, -0.1) is 0 Å². The summed E-state index contributed by atoms with van der Waals surface area (Å²) in [4.78, 5) is 18.6. The Balaban J connectivity index is 1.83. The van der Waals surface area contributed by atoms with E-state index in [4.69, 9.17) is 4.42 Å². The van der Waals surface area contributed by atoms with Gasteiger partial charge in [0.15, 0.2) is 5.69 Å². The van der Waals surface area contributed by atoms with E-state index in [1.54, 1.807) is 6.07 Å². The van der Waals surface area contributed by atoms with E-state index in [0.29, 0.717) is 18.0 Å². The smallest absolute Gasteiger partial charge is 0.416 e. The van der Waals surface area contributed by atoms with Crippen LogP contribution >= 0.6 is 0 Å². The first-order valence-corrected chi connectivity index (χ1v) is 11.2. The summed E-state index contributed by atoms with van der Waals surface area (Å²) >= 11 is 0. The van der Waals surface area contributed by atoms with Gasteiger partial charge in [0.25, 0.3) is 5.91 Å². The number of carbonyl (C=O) groups is 1. The maximum absolute atomic E-state index is 13.2. The molecule has 1 atom stereocenters. The Bertz CT molecular complexity index is 1120. The molecule has 0 radical (unpaired) electrons. The summed E-state index contributed by atoms with van der Waals surface area (Å²) in [5, 5.41) is 2.84. The van der Waals surface area contributed by atoms with E-state index in [1.165, 1.54) is 12.3 Å². The van der Waals surface area contributed by atoms with E-state index < -0.39 is 11.7 Å². The highest BCUT2D eigenvalue weighted by Gasteiger charge is 2.30. The first-order chi connectivity index (χ1) is 16.0. The van der Waals surface area contributed by atoms with Crippen molar-refractivity contribution in [1.82, 2.24) is 15.2 Å². The van der Waals surface area contributed by atoms with Crippen molar-refractivity contribution in [3.8, 4) is 0 Å². The van der Waals surface area contributed by atoms with Gasteiger partial charge in [-0.1, -0.05) is 48.9 Å². The molecule has 1 N–H and O–H groups in total. The fraction of sp³-hybridized carbons (Fsp3) is 0.385. The fourth-order valence-electron chi connectivity index (χ4n) is 3.61. The summed E-state index contributed by atoms with van der Waals surface area (Å²) in [6.07, 6.45) is -2.31. The Labute approximate surface area is 198 Å². The van der Waals surface area contributed by atoms with Crippen molar-refractivity contribution in [3.63, 3.8) is 0 Å². The van der Waals surface area contributed by atoms with E-state index in [0.717, 1.165) is 35.2 Å². The highest BCUT2D eigenvalue weighted by molar-refractivity contribution is 5.92. The number of hydrogen-bond acceptors (Lipinski definition) is 4. The lowest BCUT2D eigenvalue weighted by Gasteiger charge is -2.23. The molecule has 2 aromatic carbocycles. The normalized spacial score (nSPS) is 12.7. The molecule has 1 amide bonds. The SMILES string of the molecule is CCC(C)NC(=O)c1coc(CN(Cc2cccc(C(F)(F)F)c2)Cc2ccc(C)cc2C)n1. The first kappa shape index (κ1) is 25.5. The number of alkyl halides is 3. The molecule has 3 aromatic rings. The number of hydrogen-bond donors (Lipinski definition) is 1. The maximum Gasteiger partial charge on any atom is 0.416 e. The summed E-state index contributed by atoms with van der Waals surface area (Å²) < 4.78 is 45.2. The second-order valence-electron chi connectivity index (χ2n) is 8.68. The summed E-state index contributed by atoms with van der Waals surface area (Å²) in [6, 6.07) is 11.4. The Morgan fingerprint density at radius 1 is 1.12 bits per heavy atom. The Morgan fingerprint density at radius 2 is 1.88 bits per heavy atom. The lowest BCUT2D eigenvalue weighted by Crippen LogP contribution is -2.32. The number of nitrogens with zero attached hydrogens (tertiary/aromatic N) is 2. The van der Waals surface area contributed by atoms with Crippen LogP contribution in [0.1, 0.15) is 64.5 Å². The van der Waals surface area contributed by atoms with Crippen LogP contribution in [0.5, 0.6) is 0 Å². The van der Waals surface area contributed by atoms with Crippen LogP contribution in [0.4, 0.5) is 13.2 Å². The van der Waals surface area contributed by atoms with Crippen molar-refractivity contribution in [2.75, 3.05) is 0 Å². The molecule has 0 fully saturated rings. The fourth-order valence-corrected chi connectivity index (χ4v) is 3.61. The minimum absolute atomic E-state index is 0.00886. The van der Waals surface area contributed by atoms with Crippen LogP contribution < -0.4 is 5.32 Å². The number of halogens is 3. The molecule has 5 nitrogen and oxygen atoms in total. The molecule has 8 heteroatoms. The molecule has 0 saturated heterocycles. The van der Waals surface area contributed by atoms with E-state index >= 15 is 0 Å². The van der Waals surface area contributed by atoms with Crippen LogP contribution in [0.25, 0.3) is 0 Å². The molecule has 3 rings (SSSR count). The second kappa shape index (κ2) is 10.9. The number of nitrogens with one attached hydrogen (secondary N) is 1. The minimum Gasteiger partial charge on any atom is -0.447 e. The number of amides is 1. The van der Waals surface area contributed by atoms with E-state index in [-0.39, 0.29) is 30.7 Å². The Hall–Kier alpha value is -3.13. The molecule has 1 aromatic heterocycles. The third-order valence-corrected chi connectivity index (χ3v) is 5.69. The zero-order valence-corrected chi connectivity index (χ0v) is 19.9. The summed E-state index contributed by atoms with van der Waals surface area (Å²) in [6.45, 7) is 8.87. The van der Waals surface area contributed by atoms with Crippen LogP contribution in [0, 0.1) is 13.8 Å². The summed E-state index contributed by atoms with van der Waals surface area (Å²) in [7, 11) is 0. The van der Waals surface area contributed by atoms with Crippen molar-refractivity contribution in [2.45, 2.75) is 66.0 Å². The van der Waals surface area contributed by atoms with Gasteiger partial charge >= 0.3 is 6.18 Å². The monoisotopic (exact) mass is 473 g/mol. The first-order valence-electron chi connectivity index (χ1n) is 11.2. The molecule has 0 spiro atoms. The standard InChI is InChI=1S/C26H30F3N3O2/c1-5-19(4)30-25(33)23-16-34-24(31-23)15-32(14-21-10-9-17(2)11-18(21)3)13-20-7-6-8-22(12-20)26(27,28)29/h6-12,16,19H,5,13-15H2,1-4H3,(H,30,33). The molecular weight excluding hydrogens is 443 g/mol. The van der Waals surface area contributed by atoms with Gasteiger partial charge in [0.1, 0.15) is 6.26 Å². The lowest BCUT2D eigenvalue weighted by atomic mass is 10.0. The third-order valence-electron chi connectivity index (χ3n) is 5.69. The number of carbonyl (C=O) groups excluding carboxylic acids is 1. The van der Waals surface area contributed by atoms with Crippen molar-refractivity contribution >= 4 is 5.91 Å². The number of rotatable bonds is 9. The van der Waals surface area contributed by atoms with E-state index in [1.807, 2.05) is 44.7 Å². The second-order valence-corrected chi connectivity index (χ2v) is 8.68. The summed E-state index contributed by atoms with van der Waals surface area (Å²) in [5.41, 5.74) is 3.31. The highest BCUT2D eigenvalue weighted by Crippen LogP contribution is 2.30. The predicted molar refractivity (Wildman–Crippen MR) is 124 cm³/mol. The van der Waals surface area contributed by atoms with Crippen molar-refractivity contribution in [1.29, 1.82) is 0 Å².